The highest BCUT2D eigenvalue weighted by Crippen LogP contribution is 2.36. The van der Waals surface area contributed by atoms with Crippen LogP contribution in [-0.4, -0.2) is 24.1 Å². The van der Waals surface area contributed by atoms with E-state index in [4.69, 9.17) is 9.72 Å². The maximum Gasteiger partial charge on any atom is 0.221 e. The van der Waals surface area contributed by atoms with Crippen LogP contribution in [-0.2, 0) is 0 Å². The lowest BCUT2D eigenvalue weighted by Crippen LogP contribution is -1.99. The topological polar surface area (TPSA) is 57.8 Å². The van der Waals surface area contributed by atoms with Crippen molar-refractivity contribution in [3.8, 4) is 23.3 Å². The second-order valence-corrected chi connectivity index (χ2v) is 9.38. The Morgan fingerprint density at radius 2 is 1.08 bits per heavy atom. The maximum atomic E-state index is 6.39. The van der Waals surface area contributed by atoms with Gasteiger partial charge in [-0.1, -0.05) is 48.5 Å². The maximum absolute atomic E-state index is 6.39. The van der Waals surface area contributed by atoms with Crippen LogP contribution in [0.2, 0.25) is 0 Å². The summed E-state index contributed by atoms with van der Waals surface area (Å²) in [5.74, 6) is 2.90. The molecule has 3 aromatic carbocycles. The second kappa shape index (κ2) is 8.53. The smallest absolute Gasteiger partial charge is 0.221 e. The van der Waals surface area contributed by atoms with Crippen LogP contribution in [0.25, 0.3) is 55.4 Å². The van der Waals surface area contributed by atoms with Gasteiger partial charge in [-0.2, -0.15) is 4.98 Å². The fourth-order valence-corrected chi connectivity index (χ4v) is 5.46. The van der Waals surface area contributed by atoms with Gasteiger partial charge in [-0.15, -0.1) is 0 Å². The van der Waals surface area contributed by atoms with Crippen LogP contribution in [0, 0.1) is 0 Å². The Kier molecular flexibility index (Phi) is 4.72. The summed E-state index contributed by atoms with van der Waals surface area (Å²) in [5.41, 5.74) is 3.98. The highest BCUT2D eigenvalue weighted by atomic mass is 16.5. The zero-order valence-electron chi connectivity index (χ0n) is 20.8. The summed E-state index contributed by atoms with van der Waals surface area (Å²) in [5, 5.41) is 4.49. The number of ether oxygens (including phenoxy) is 1. The number of pyridine rings is 3. The van der Waals surface area contributed by atoms with Crippen molar-refractivity contribution in [2.75, 3.05) is 0 Å². The molecule has 0 radical (unpaired) electrons. The van der Waals surface area contributed by atoms with E-state index in [-0.39, 0.29) is 0 Å². The van der Waals surface area contributed by atoms with E-state index >= 15 is 0 Å². The van der Waals surface area contributed by atoms with Crippen molar-refractivity contribution >= 4 is 43.7 Å². The third kappa shape index (κ3) is 3.39. The van der Waals surface area contributed by atoms with Gasteiger partial charge in [-0.25, -0.2) is 9.97 Å². The first kappa shape index (κ1) is 21.6. The summed E-state index contributed by atoms with van der Waals surface area (Å²) >= 11 is 0. The Hall–Kier alpha value is -5.49. The molecule has 5 heterocycles. The van der Waals surface area contributed by atoms with Gasteiger partial charge in [0.15, 0.2) is 5.65 Å². The molecule has 6 nitrogen and oxygen atoms in total. The quantitative estimate of drug-likeness (QED) is 0.245. The molecule has 5 aromatic heterocycles. The largest absolute Gasteiger partial charge is 0.439 e. The molecule has 8 aromatic rings. The van der Waals surface area contributed by atoms with E-state index in [1.54, 1.807) is 6.20 Å². The Morgan fingerprint density at radius 3 is 1.79 bits per heavy atom. The Balaban J connectivity index is 1.29. The van der Waals surface area contributed by atoms with Gasteiger partial charge in [-0.3, -0.25) is 9.13 Å². The first-order valence-corrected chi connectivity index (χ1v) is 12.8. The van der Waals surface area contributed by atoms with Crippen molar-refractivity contribution in [3.05, 3.63) is 128 Å². The highest BCUT2D eigenvalue weighted by Gasteiger charge is 2.16. The molecule has 0 amide bonds. The lowest BCUT2D eigenvalue weighted by atomic mass is 10.1. The van der Waals surface area contributed by atoms with E-state index in [2.05, 4.69) is 73.7 Å². The monoisotopic (exact) mass is 503 g/mol. The van der Waals surface area contributed by atoms with Gasteiger partial charge < -0.3 is 4.74 Å². The zero-order valence-corrected chi connectivity index (χ0v) is 20.8. The molecule has 0 unspecified atom stereocenters. The third-order valence-electron chi connectivity index (χ3n) is 7.12. The lowest BCUT2D eigenvalue weighted by molar-refractivity contribution is 0.465. The Labute approximate surface area is 223 Å². The first-order chi connectivity index (χ1) is 19.3. The van der Waals surface area contributed by atoms with Crippen molar-refractivity contribution in [2.45, 2.75) is 0 Å². The molecular weight excluding hydrogens is 482 g/mol. The van der Waals surface area contributed by atoms with E-state index in [1.807, 2.05) is 66.9 Å². The number of rotatable bonds is 4. The van der Waals surface area contributed by atoms with Crippen LogP contribution < -0.4 is 4.74 Å². The SMILES string of the molecule is c1ccc(-n2c3ccccc3c3ccc(Oc4ccc5c6ccccc6n(-c6ccccn6)c5n4)cc32)nc1. The lowest BCUT2D eigenvalue weighted by Gasteiger charge is -2.09. The van der Waals surface area contributed by atoms with Crippen LogP contribution in [0.3, 0.4) is 0 Å². The van der Waals surface area contributed by atoms with Gasteiger partial charge in [0.05, 0.1) is 16.6 Å². The molecule has 0 atom stereocenters. The summed E-state index contributed by atoms with van der Waals surface area (Å²) in [4.78, 5) is 14.2. The van der Waals surface area contributed by atoms with Crippen LogP contribution in [0.15, 0.2) is 128 Å². The minimum Gasteiger partial charge on any atom is -0.439 e. The van der Waals surface area contributed by atoms with Crippen LogP contribution >= 0.6 is 0 Å². The van der Waals surface area contributed by atoms with Crippen LogP contribution in [0.1, 0.15) is 0 Å². The molecule has 39 heavy (non-hydrogen) atoms. The minimum atomic E-state index is 0.516. The Bertz CT molecular complexity index is 1990. The van der Waals surface area contributed by atoms with E-state index in [1.165, 1.54) is 5.39 Å². The van der Waals surface area contributed by atoms with Gasteiger partial charge in [0.25, 0.3) is 0 Å². The second-order valence-electron chi connectivity index (χ2n) is 9.38. The number of nitrogens with zero attached hydrogens (tertiary/aromatic N) is 5. The molecule has 0 spiro atoms. The van der Waals surface area contributed by atoms with Gasteiger partial charge in [-0.05, 0) is 54.6 Å². The van der Waals surface area contributed by atoms with E-state index in [9.17, 15) is 0 Å². The van der Waals surface area contributed by atoms with Crippen molar-refractivity contribution in [1.82, 2.24) is 24.1 Å². The van der Waals surface area contributed by atoms with Gasteiger partial charge in [0.2, 0.25) is 5.88 Å². The standard InChI is InChI=1S/C33H21N5O/c1-3-11-27-23(9-1)25-16-15-22(21-29(25)37(27)30-13-5-7-19-34-30)39-32-18-17-26-24-10-2-4-12-28(24)38(33(26)36-32)31-14-6-8-20-35-31/h1-21H. The predicted octanol–water partition coefficient (Wildman–Crippen LogP) is 7.86. The average Bonchev–Trinajstić information content (AvgIpc) is 3.50. The molecule has 184 valence electrons. The Morgan fingerprint density at radius 1 is 0.487 bits per heavy atom. The number of para-hydroxylation sites is 2. The van der Waals surface area contributed by atoms with Crippen LogP contribution in [0.5, 0.6) is 11.6 Å². The van der Waals surface area contributed by atoms with Crippen molar-refractivity contribution in [3.63, 3.8) is 0 Å². The molecule has 0 saturated heterocycles. The van der Waals surface area contributed by atoms with Gasteiger partial charge in [0.1, 0.15) is 17.4 Å². The summed E-state index contributed by atoms with van der Waals surface area (Å²) in [7, 11) is 0. The van der Waals surface area contributed by atoms with Crippen molar-refractivity contribution in [2.24, 2.45) is 0 Å². The number of hydrogen-bond donors (Lipinski definition) is 0. The summed E-state index contributed by atoms with van der Waals surface area (Å²) in [6, 6.07) is 38.7. The first-order valence-electron chi connectivity index (χ1n) is 12.8. The van der Waals surface area contributed by atoms with Crippen molar-refractivity contribution < 1.29 is 4.74 Å². The number of fused-ring (bicyclic) bond motifs is 6. The number of hydrogen-bond acceptors (Lipinski definition) is 4. The van der Waals surface area contributed by atoms with Gasteiger partial charge >= 0.3 is 0 Å². The average molecular weight is 504 g/mol. The fraction of sp³-hybridized carbons (Fsp3) is 0. The summed E-state index contributed by atoms with van der Waals surface area (Å²) in [6.07, 6.45) is 3.61. The molecule has 0 aliphatic heterocycles. The summed E-state index contributed by atoms with van der Waals surface area (Å²) < 4.78 is 10.6. The predicted molar refractivity (Wildman–Crippen MR) is 155 cm³/mol. The van der Waals surface area contributed by atoms with Crippen LogP contribution in [0.4, 0.5) is 0 Å². The van der Waals surface area contributed by atoms with Crippen molar-refractivity contribution in [1.29, 1.82) is 0 Å². The normalized spacial score (nSPS) is 11.6. The molecule has 8 rings (SSSR count). The fourth-order valence-electron chi connectivity index (χ4n) is 5.46. The van der Waals surface area contributed by atoms with E-state index in [0.29, 0.717) is 11.6 Å². The van der Waals surface area contributed by atoms with E-state index < -0.39 is 0 Å². The molecule has 0 aliphatic rings. The van der Waals surface area contributed by atoms with Gasteiger partial charge in [0, 0.05) is 46.1 Å². The minimum absolute atomic E-state index is 0.516. The molecule has 0 aliphatic carbocycles. The molecule has 0 N–H and O–H groups in total. The molecule has 0 saturated carbocycles. The molecule has 0 bridgehead atoms. The zero-order chi connectivity index (χ0) is 25.8. The third-order valence-corrected chi connectivity index (χ3v) is 7.12. The molecular formula is C33H21N5O. The molecule has 0 fully saturated rings. The highest BCUT2D eigenvalue weighted by molar-refractivity contribution is 6.10. The summed E-state index contributed by atoms with van der Waals surface area (Å²) in [6.45, 7) is 0. The number of benzene rings is 3. The van der Waals surface area contributed by atoms with E-state index in [0.717, 1.165) is 50.0 Å². The number of aromatic nitrogens is 5. The molecule has 6 heteroatoms.